The van der Waals surface area contributed by atoms with Gasteiger partial charge in [-0.15, -0.1) is 0 Å². The molecule has 1 saturated heterocycles. The van der Waals surface area contributed by atoms with Crippen molar-refractivity contribution in [3.05, 3.63) is 69.8 Å². The van der Waals surface area contributed by atoms with Gasteiger partial charge in [-0.05, 0) is 30.9 Å². The Balaban J connectivity index is 1.89. The van der Waals surface area contributed by atoms with Gasteiger partial charge in [0.15, 0.2) is 5.78 Å². The highest BCUT2D eigenvalue weighted by molar-refractivity contribution is 6.09. The minimum Gasteiger partial charge on any atom is -0.396 e. The molecule has 2 aromatic rings. The number of hydrogen-bond acceptors (Lipinski definition) is 5. The standard InChI is InChI=1S/C19H20N2O4/c22-13-14-8-10-20(11-9-14)17-7-6-16(12-18(17)21(24)25)19(23)15-4-2-1-3-5-15/h1-7,12,14,22H,8-11,13H2. The molecule has 0 bridgehead atoms. The molecule has 0 saturated carbocycles. The highest BCUT2D eigenvalue weighted by atomic mass is 16.6. The van der Waals surface area contributed by atoms with Crippen LogP contribution in [-0.2, 0) is 0 Å². The Morgan fingerprint density at radius 1 is 1.12 bits per heavy atom. The summed E-state index contributed by atoms with van der Waals surface area (Å²) in [5.41, 5.74) is 1.30. The molecule has 0 unspecified atom stereocenters. The van der Waals surface area contributed by atoms with Gasteiger partial charge in [0.25, 0.3) is 5.69 Å². The van der Waals surface area contributed by atoms with Crippen molar-refractivity contribution in [1.82, 2.24) is 0 Å². The second kappa shape index (κ2) is 7.44. The smallest absolute Gasteiger partial charge is 0.293 e. The number of nitro benzene ring substituents is 1. The highest BCUT2D eigenvalue weighted by Gasteiger charge is 2.26. The molecule has 2 aromatic carbocycles. The molecular weight excluding hydrogens is 320 g/mol. The van der Waals surface area contributed by atoms with E-state index in [-0.39, 0.29) is 24.0 Å². The Hall–Kier alpha value is -2.73. The molecule has 1 aliphatic heterocycles. The Kier molecular flexibility index (Phi) is 5.09. The number of hydrogen-bond donors (Lipinski definition) is 1. The van der Waals surface area contributed by atoms with Crippen molar-refractivity contribution in [3.63, 3.8) is 0 Å². The normalized spacial score (nSPS) is 15.2. The van der Waals surface area contributed by atoms with Crippen LogP contribution in [0.4, 0.5) is 11.4 Å². The zero-order valence-electron chi connectivity index (χ0n) is 13.8. The monoisotopic (exact) mass is 340 g/mol. The summed E-state index contributed by atoms with van der Waals surface area (Å²) in [5, 5.41) is 20.8. The summed E-state index contributed by atoms with van der Waals surface area (Å²) in [6, 6.07) is 13.4. The molecule has 6 nitrogen and oxygen atoms in total. The number of aliphatic hydroxyl groups excluding tert-OH is 1. The molecule has 1 N–H and O–H groups in total. The first-order chi connectivity index (χ1) is 12.1. The fraction of sp³-hybridized carbons (Fsp3) is 0.316. The van der Waals surface area contributed by atoms with Crippen LogP contribution < -0.4 is 4.90 Å². The van der Waals surface area contributed by atoms with Crippen molar-refractivity contribution >= 4 is 17.2 Å². The topological polar surface area (TPSA) is 83.7 Å². The lowest BCUT2D eigenvalue weighted by atomic mass is 9.96. The Labute approximate surface area is 145 Å². The van der Waals surface area contributed by atoms with Crippen LogP contribution in [0.5, 0.6) is 0 Å². The van der Waals surface area contributed by atoms with Crippen LogP contribution in [0.1, 0.15) is 28.8 Å². The molecule has 0 aromatic heterocycles. The first-order valence-electron chi connectivity index (χ1n) is 8.34. The van der Waals surface area contributed by atoms with Gasteiger partial charge in [0.1, 0.15) is 5.69 Å². The van der Waals surface area contributed by atoms with Gasteiger partial charge in [-0.3, -0.25) is 14.9 Å². The van der Waals surface area contributed by atoms with E-state index in [2.05, 4.69) is 0 Å². The summed E-state index contributed by atoms with van der Waals surface area (Å²) in [5.74, 6) is 0.0310. The van der Waals surface area contributed by atoms with Crippen LogP contribution >= 0.6 is 0 Å². The second-order valence-corrected chi connectivity index (χ2v) is 6.27. The molecule has 130 valence electrons. The number of rotatable bonds is 5. The molecule has 25 heavy (non-hydrogen) atoms. The summed E-state index contributed by atoms with van der Waals surface area (Å²) >= 11 is 0. The van der Waals surface area contributed by atoms with Crippen LogP contribution in [-0.4, -0.2) is 35.5 Å². The van der Waals surface area contributed by atoms with Crippen molar-refractivity contribution in [2.45, 2.75) is 12.8 Å². The highest BCUT2D eigenvalue weighted by Crippen LogP contribution is 2.32. The maximum absolute atomic E-state index is 12.5. The third kappa shape index (κ3) is 3.69. The van der Waals surface area contributed by atoms with Gasteiger partial charge in [0.05, 0.1) is 4.92 Å². The van der Waals surface area contributed by atoms with E-state index in [0.717, 1.165) is 12.8 Å². The zero-order valence-corrected chi connectivity index (χ0v) is 13.8. The van der Waals surface area contributed by atoms with Gasteiger partial charge in [-0.2, -0.15) is 0 Å². The maximum Gasteiger partial charge on any atom is 0.293 e. The van der Waals surface area contributed by atoms with Crippen LogP contribution in [0.3, 0.4) is 0 Å². The fourth-order valence-corrected chi connectivity index (χ4v) is 3.19. The number of piperidine rings is 1. The summed E-state index contributed by atoms with van der Waals surface area (Å²) in [7, 11) is 0. The number of benzene rings is 2. The van der Waals surface area contributed by atoms with Crippen LogP contribution in [0.15, 0.2) is 48.5 Å². The van der Waals surface area contributed by atoms with E-state index in [0.29, 0.717) is 29.9 Å². The molecule has 0 radical (unpaired) electrons. The predicted octanol–water partition coefficient (Wildman–Crippen LogP) is 3.03. The van der Waals surface area contributed by atoms with Gasteiger partial charge in [0.2, 0.25) is 0 Å². The van der Waals surface area contributed by atoms with Gasteiger partial charge >= 0.3 is 0 Å². The maximum atomic E-state index is 12.5. The third-order valence-electron chi connectivity index (χ3n) is 4.68. The number of nitrogens with zero attached hydrogens (tertiary/aromatic N) is 2. The number of carbonyl (C=O) groups excluding carboxylic acids is 1. The van der Waals surface area contributed by atoms with Gasteiger partial charge in [0, 0.05) is 36.9 Å². The van der Waals surface area contributed by atoms with Gasteiger partial charge in [-0.25, -0.2) is 0 Å². The van der Waals surface area contributed by atoms with Gasteiger partial charge < -0.3 is 10.0 Å². The average molecular weight is 340 g/mol. The molecule has 0 aliphatic carbocycles. The lowest BCUT2D eigenvalue weighted by Gasteiger charge is -2.32. The lowest BCUT2D eigenvalue weighted by molar-refractivity contribution is -0.384. The van der Waals surface area contributed by atoms with E-state index in [1.54, 1.807) is 36.4 Å². The number of carbonyl (C=O) groups is 1. The van der Waals surface area contributed by atoms with Crippen molar-refractivity contribution in [2.75, 3.05) is 24.6 Å². The van der Waals surface area contributed by atoms with E-state index in [1.807, 2.05) is 11.0 Å². The fourth-order valence-electron chi connectivity index (χ4n) is 3.19. The quantitative estimate of drug-likeness (QED) is 0.514. The molecular formula is C19H20N2O4. The van der Waals surface area contributed by atoms with E-state index in [4.69, 9.17) is 0 Å². The predicted molar refractivity (Wildman–Crippen MR) is 95.0 cm³/mol. The summed E-state index contributed by atoms with van der Waals surface area (Å²) in [6.07, 6.45) is 1.61. The van der Waals surface area contributed by atoms with E-state index in [9.17, 15) is 20.0 Å². The molecule has 0 atom stereocenters. The molecule has 3 rings (SSSR count). The first-order valence-corrected chi connectivity index (χ1v) is 8.34. The average Bonchev–Trinajstić information content (AvgIpc) is 2.67. The van der Waals surface area contributed by atoms with Crippen molar-refractivity contribution in [2.24, 2.45) is 5.92 Å². The minimum atomic E-state index is -0.435. The molecule has 1 heterocycles. The SMILES string of the molecule is O=C(c1ccccc1)c1ccc(N2CCC(CO)CC2)c([N+](=O)[O-])c1. The summed E-state index contributed by atoms with van der Waals surface area (Å²) in [4.78, 5) is 25.6. The number of nitro groups is 1. The largest absolute Gasteiger partial charge is 0.396 e. The first kappa shape index (κ1) is 17.1. The van der Waals surface area contributed by atoms with Gasteiger partial charge in [-0.1, -0.05) is 30.3 Å². The summed E-state index contributed by atoms with van der Waals surface area (Å²) < 4.78 is 0. The molecule has 1 aliphatic rings. The minimum absolute atomic E-state index is 0.0516. The molecule has 0 spiro atoms. The number of aliphatic hydroxyl groups is 1. The number of anilines is 1. The molecule has 1 fully saturated rings. The van der Waals surface area contributed by atoms with E-state index in [1.165, 1.54) is 6.07 Å². The molecule has 6 heteroatoms. The van der Waals surface area contributed by atoms with Crippen LogP contribution in [0.2, 0.25) is 0 Å². The van der Waals surface area contributed by atoms with E-state index >= 15 is 0 Å². The van der Waals surface area contributed by atoms with Crippen LogP contribution in [0, 0.1) is 16.0 Å². The van der Waals surface area contributed by atoms with Crippen molar-refractivity contribution in [1.29, 1.82) is 0 Å². The third-order valence-corrected chi connectivity index (χ3v) is 4.68. The van der Waals surface area contributed by atoms with Crippen molar-refractivity contribution < 1.29 is 14.8 Å². The second-order valence-electron chi connectivity index (χ2n) is 6.27. The van der Waals surface area contributed by atoms with Crippen molar-refractivity contribution in [3.8, 4) is 0 Å². The lowest BCUT2D eigenvalue weighted by Crippen LogP contribution is -2.35. The Morgan fingerprint density at radius 2 is 1.80 bits per heavy atom. The Morgan fingerprint density at radius 3 is 2.40 bits per heavy atom. The Bertz CT molecular complexity index is 768. The number of ketones is 1. The van der Waals surface area contributed by atoms with Crippen LogP contribution in [0.25, 0.3) is 0 Å². The zero-order chi connectivity index (χ0) is 17.8. The molecule has 0 amide bonds. The van der Waals surface area contributed by atoms with E-state index < -0.39 is 4.92 Å². The summed E-state index contributed by atoms with van der Waals surface area (Å²) in [6.45, 7) is 1.48.